The molecule has 2 aromatic carbocycles. The number of carbonyl (C=O) groups is 1. The van der Waals surface area contributed by atoms with Gasteiger partial charge in [-0.05, 0) is 43.5 Å². The largest absolute Gasteiger partial charge is 0.331 e. The highest BCUT2D eigenvalue weighted by Crippen LogP contribution is 2.31. The second kappa shape index (κ2) is 5.87. The number of hydrogen-bond acceptors (Lipinski definition) is 1. The lowest BCUT2D eigenvalue weighted by Gasteiger charge is -2.23. The normalized spacial score (nSPS) is 14.0. The van der Waals surface area contributed by atoms with Crippen LogP contribution in [0, 0.1) is 18.6 Å². The van der Waals surface area contributed by atoms with Gasteiger partial charge in [0.2, 0.25) is 0 Å². The number of benzene rings is 2. The van der Waals surface area contributed by atoms with Crippen LogP contribution in [-0.4, -0.2) is 16.8 Å². The van der Waals surface area contributed by atoms with E-state index in [1.807, 2.05) is 0 Å². The van der Waals surface area contributed by atoms with E-state index in [9.17, 15) is 13.6 Å². The highest BCUT2D eigenvalue weighted by atomic mass is 19.1. The van der Waals surface area contributed by atoms with Crippen LogP contribution in [0.3, 0.4) is 0 Å². The second-order valence-corrected chi connectivity index (χ2v) is 5.71. The molecule has 0 spiro atoms. The Morgan fingerprint density at radius 1 is 1.18 bits per heavy atom. The molecule has 114 valence electrons. The summed E-state index contributed by atoms with van der Waals surface area (Å²) in [6, 6.07) is 10.7. The standard InChI is InChI=1S/C18H17F2NO/c1-12-6-7-14(19)10-16(12)18(22)21(15-8-9-15)11-13-4-2-3-5-17(13)20/h2-7,10,15H,8-9,11H2,1H3. The van der Waals surface area contributed by atoms with E-state index in [1.165, 1.54) is 18.2 Å². The molecule has 1 amide bonds. The third-order valence-electron chi connectivity index (χ3n) is 3.98. The Hall–Kier alpha value is -2.23. The zero-order valence-corrected chi connectivity index (χ0v) is 12.4. The summed E-state index contributed by atoms with van der Waals surface area (Å²) in [5, 5.41) is 0. The maximum absolute atomic E-state index is 13.8. The smallest absolute Gasteiger partial charge is 0.254 e. The Kier molecular flexibility index (Phi) is 3.92. The summed E-state index contributed by atoms with van der Waals surface area (Å²) in [6.45, 7) is 1.99. The molecule has 2 nitrogen and oxygen atoms in total. The molecule has 0 heterocycles. The van der Waals surface area contributed by atoms with Gasteiger partial charge in [-0.1, -0.05) is 24.3 Å². The maximum Gasteiger partial charge on any atom is 0.254 e. The quantitative estimate of drug-likeness (QED) is 0.833. The number of carbonyl (C=O) groups excluding carboxylic acids is 1. The molecule has 2 aromatic rings. The molecule has 1 saturated carbocycles. The third-order valence-corrected chi connectivity index (χ3v) is 3.98. The Labute approximate surface area is 128 Å². The SMILES string of the molecule is Cc1ccc(F)cc1C(=O)N(Cc1ccccc1F)C1CC1. The van der Waals surface area contributed by atoms with Crippen molar-refractivity contribution < 1.29 is 13.6 Å². The van der Waals surface area contributed by atoms with Crippen LogP contribution < -0.4 is 0 Å². The van der Waals surface area contributed by atoms with E-state index in [0.29, 0.717) is 11.1 Å². The van der Waals surface area contributed by atoms with Crippen LogP contribution in [0.2, 0.25) is 0 Å². The van der Waals surface area contributed by atoms with E-state index in [4.69, 9.17) is 0 Å². The molecule has 0 bridgehead atoms. The number of amides is 1. The molecule has 0 aliphatic heterocycles. The number of nitrogens with zero attached hydrogens (tertiary/aromatic N) is 1. The summed E-state index contributed by atoms with van der Waals surface area (Å²) < 4.78 is 27.3. The van der Waals surface area contributed by atoms with Crippen molar-refractivity contribution >= 4 is 5.91 Å². The monoisotopic (exact) mass is 301 g/mol. The lowest BCUT2D eigenvalue weighted by molar-refractivity contribution is 0.0727. The van der Waals surface area contributed by atoms with Gasteiger partial charge in [0.15, 0.2) is 0 Å². The maximum atomic E-state index is 13.8. The van der Waals surface area contributed by atoms with Crippen LogP contribution in [0.25, 0.3) is 0 Å². The minimum Gasteiger partial charge on any atom is -0.331 e. The van der Waals surface area contributed by atoms with Gasteiger partial charge in [0, 0.05) is 23.7 Å². The van der Waals surface area contributed by atoms with Crippen molar-refractivity contribution in [1.29, 1.82) is 0 Å². The Balaban J connectivity index is 1.90. The number of rotatable bonds is 4. The molecule has 0 saturated heterocycles. The van der Waals surface area contributed by atoms with Crippen molar-refractivity contribution in [2.24, 2.45) is 0 Å². The molecular weight excluding hydrogens is 284 g/mol. The molecular formula is C18H17F2NO. The van der Waals surface area contributed by atoms with Crippen LogP contribution >= 0.6 is 0 Å². The fourth-order valence-electron chi connectivity index (χ4n) is 2.54. The van der Waals surface area contributed by atoms with Crippen LogP contribution in [0.15, 0.2) is 42.5 Å². The van der Waals surface area contributed by atoms with E-state index in [1.54, 1.807) is 36.1 Å². The second-order valence-electron chi connectivity index (χ2n) is 5.71. The summed E-state index contributed by atoms with van der Waals surface area (Å²) >= 11 is 0. The Bertz CT molecular complexity index is 710. The minimum atomic E-state index is -0.435. The van der Waals surface area contributed by atoms with Crippen molar-refractivity contribution in [2.75, 3.05) is 0 Å². The number of aryl methyl sites for hydroxylation is 1. The molecule has 4 heteroatoms. The topological polar surface area (TPSA) is 20.3 Å². The lowest BCUT2D eigenvalue weighted by atomic mass is 10.1. The van der Waals surface area contributed by atoms with Gasteiger partial charge in [-0.15, -0.1) is 0 Å². The van der Waals surface area contributed by atoms with Gasteiger partial charge in [-0.2, -0.15) is 0 Å². The molecule has 0 atom stereocenters. The van der Waals surface area contributed by atoms with Crippen LogP contribution in [-0.2, 0) is 6.54 Å². The van der Waals surface area contributed by atoms with E-state index >= 15 is 0 Å². The van der Waals surface area contributed by atoms with Crippen molar-refractivity contribution in [1.82, 2.24) is 4.90 Å². The molecule has 1 fully saturated rings. The molecule has 0 unspecified atom stereocenters. The Morgan fingerprint density at radius 3 is 2.59 bits per heavy atom. The first-order valence-corrected chi connectivity index (χ1v) is 7.37. The predicted octanol–water partition coefficient (Wildman–Crippen LogP) is 4.08. The zero-order chi connectivity index (χ0) is 15.7. The molecule has 3 rings (SSSR count). The van der Waals surface area contributed by atoms with E-state index in [2.05, 4.69) is 0 Å². The van der Waals surface area contributed by atoms with E-state index < -0.39 is 5.82 Å². The van der Waals surface area contributed by atoms with Crippen molar-refractivity contribution in [3.63, 3.8) is 0 Å². The molecule has 0 aromatic heterocycles. The van der Waals surface area contributed by atoms with Gasteiger partial charge < -0.3 is 4.90 Å². The summed E-state index contributed by atoms with van der Waals surface area (Å²) in [5.74, 6) is -0.991. The van der Waals surface area contributed by atoms with Gasteiger partial charge in [0.1, 0.15) is 11.6 Å². The number of halogens is 2. The molecule has 1 aliphatic rings. The van der Waals surface area contributed by atoms with Crippen molar-refractivity contribution in [3.05, 3.63) is 70.8 Å². The minimum absolute atomic E-state index is 0.120. The summed E-state index contributed by atoms with van der Waals surface area (Å²) in [7, 11) is 0. The highest BCUT2D eigenvalue weighted by Gasteiger charge is 2.34. The van der Waals surface area contributed by atoms with Gasteiger partial charge >= 0.3 is 0 Å². The van der Waals surface area contributed by atoms with E-state index in [0.717, 1.165) is 18.4 Å². The first-order valence-electron chi connectivity index (χ1n) is 7.37. The molecule has 22 heavy (non-hydrogen) atoms. The van der Waals surface area contributed by atoms with Crippen LogP contribution in [0.1, 0.15) is 34.3 Å². The summed E-state index contributed by atoms with van der Waals surface area (Å²) in [4.78, 5) is 14.4. The predicted molar refractivity (Wildman–Crippen MR) is 80.4 cm³/mol. The third kappa shape index (κ3) is 3.01. The fraction of sp³-hybridized carbons (Fsp3) is 0.278. The molecule has 0 radical (unpaired) electrons. The highest BCUT2D eigenvalue weighted by molar-refractivity contribution is 5.96. The van der Waals surface area contributed by atoms with Crippen LogP contribution in [0.4, 0.5) is 8.78 Å². The summed E-state index contributed by atoms with van der Waals surface area (Å²) in [6.07, 6.45) is 1.82. The number of hydrogen-bond donors (Lipinski definition) is 0. The Morgan fingerprint density at radius 2 is 1.91 bits per heavy atom. The lowest BCUT2D eigenvalue weighted by Crippen LogP contribution is -2.33. The average Bonchev–Trinajstić information content (AvgIpc) is 3.33. The van der Waals surface area contributed by atoms with Crippen molar-refractivity contribution in [3.8, 4) is 0 Å². The van der Waals surface area contributed by atoms with Gasteiger partial charge in [-0.25, -0.2) is 8.78 Å². The molecule has 0 N–H and O–H groups in total. The van der Waals surface area contributed by atoms with Gasteiger partial charge in [0.25, 0.3) is 5.91 Å². The van der Waals surface area contributed by atoms with Crippen LogP contribution in [0.5, 0.6) is 0 Å². The first-order chi connectivity index (χ1) is 10.6. The van der Waals surface area contributed by atoms with Gasteiger partial charge in [-0.3, -0.25) is 4.79 Å². The average molecular weight is 301 g/mol. The fourth-order valence-corrected chi connectivity index (χ4v) is 2.54. The molecule has 1 aliphatic carbocycles. The first kappa shape index (κ1) is 14.7. The van der Waals surface area contributed by atoms with Gasteiger partial charge in [0.05, 0.1) is 0 Å². The summed E-state index contributed by atoms with van der Waals surface area (Å²) in [5.41, 5.74) is 1.56. The van der Waals surface area contributed by atoms with E-state index in [-0.39, 0.29) is 24.3 Å². The van der Waals surface area contributed by atoms with Crippen molar-refractivity contribution in [2.45, 2.75) is 32.4 Å². The zero-order valence-electron chi connectivity index (χ0n) is 12.4.